The van der Waals surface area contributed by atoms with Crippen LogP contribution in [0.25, 0.3) is 0 Å². The fourth-order valence-electron chi connectivity index (χ4n) is 0.156. The number of rotatable bonds is 1. The molecule has 0 bridgehead atoms. The second kappa shape index (κ2) is 9.10. The highest BCUT2D eigenvalue weighted by Gasteiger charge is 1.85. The van der Waals surface area contributed by atoms with Gasteiger partial charge in [-0.3, -0.25) is 0 Å². The average Bonchev–Trinajstić information content (AvgIpc) is 1.85. The van der Waals surface area contributed by atoms with E-state index in [-0.39, 0.29) is 5.97 Å². The van der Waals surface area contributed by atoms with Crippen LogP contribution in [0, 0.1) is 0 Å². The largest absolute Gasteiger partial charge is 0.331 e. The zero-order valence-electron chi connectivity index (χ0n) is 7.55. The normalized spacial score (nSPS) is 7.36. The van der Waals surface area contributed by atoms with E-state index in [1.807, 2.05) is 6.92 Å². The van der Waals surface area contributed by atoms with Crippen LogP contribution in [0.4, 0.5) is 0 Å². The first-order valence-electron chi connectivity index (χ1n) is 3.43. The van der Waals surface area contributed by atoms with Gasteiger partial charge in [0.05, 0.1) is 5.71 Å². The minimum atomic E-state index is -0.383. The summed E-state index contributed by atoms with van der Waals surface area (Å²) in [6, 6.07) is 0. The van der Waals surface area contributed by atoms with Gasteiger partial charge < -0.3 is 10.6 Å². The second-order valence-corrected chi connectivity index (χ2v) is 2.03. The van der Waals surface area contributed by atoms with Crippen LogP contribution in [0.1, 0.15) is 27.7 Å². The van der Waals surface area contributed by atoms with Crippen molar-refractivity contribution in [3.63, 3.8) is 0 Å². The minimum Gasteiger partial charge on any atom is -0.331 e. The molecule has 4 heteroatoms. The van der Waals surface area contributed by atoms with Crippen LogP contribution in [-0.4, -0.2) is 18.2 Å². The quantitative estimate of drug-likeness (QED) is 0.352. The summed E-state index contributed by atoms with van der Waals surface area (Å²) in [5.41, 5.74) is 5.58. The predicted octanol–water partition coefficient (Wildman–Crippen LogP) is 0.910. The van der Waals surface area contributed by atoms with E-state index < -0.39 is 0 Å². The van der Waals surface area contributed by atoms with Gasteiger partial charge in [-0.15, -0.1) is 0 Å². The molecular weight excluding hydrogens is 144 g/mol. The van der Waals surface area contributed by atoms with Crippen LogP contribution < -0.4 is 5.73 Å². The highest BCUT2D eigenvalue weighted by Crippen LogP contribution is 1.78. The van der Waals surface area contributed by atoms with Gasteiger partial charge in [0.1, 0.15) is 0 Å². The van der Waals surface area contributed by atoms with Gasteiger partial charge in [0, 0.05) is 6.92 Å². The molecule has 0 aliphatic heterocycles. The van der Waals surface area contributed by atoms with Gasteiger partial charge in [-0.05, 0) is 20.4 Å². The molecule has 0 aromatic rings. The van der Waals surface area contributed by atoms with Crippen LogP contribution in [0.15, 0.2) is 5.16 Å². The summed E-state index contributed by atoms with van der Waals surface area (Å²) in [6.45, 7) is 7.47. The number of nitrogens with zero attached hydrogens (tertiary/aromatic N) is 1. The van der Waals surface area contributed by atoms with E-state index in [1.165, 1.54) is 6.92 Å². The maximum atomic E-state index is 10.0. The molecule has 66 valence electrons. The van der Waals surface area contributed by atoms with Gasteiger partial charge in [0.25, 0.3) is 0 Å². The fourth-order valence-corrected chi connectivity index (χ4v) is 0.156. The lowest BCUT2D eigenvalue weighted by molar-refractivity contribution is -0.140. The van der Waals surface area contributed by atoms with Gasteiger partial charge in [-0.1, -0.05) is 12.1 Å². The van der Waals surface area contributed by atoms with Crippen molar-refractivity contribution in [3.8, 4) is 0 Å². The number of oxime groups is 1. The smallest absolute Gasteiger partial charge is 0.331 e. The monoisotopic (exact) mass is 160 g/mol. The Morgan fingerprint density at radius 2 is 1.82 bits per heavy atom. The van der Waals surface area contributed by atoms with Crippen molar-refractivity contribution < 1.29 is 9.63 Å². The summed E-state index contributed by atoms with van der Waals surface area (Å²) in [7, 11) is 0. The Labute approximate surface area is 67.4 Å². The highest BCUT2D eigenvalue weighted by molar-refractivity contribution is 5.79. The van der Waals surface area contributed by atoms with Crippen molar-refractivity contribution >= 4 is 11.7 Å². The van der Waals surface area contributed by atoms with E-state index in [4.69, 9.17) is 5.73 Å². The Morgan fingerprint density at radius 3 is 1.91 bits per heavy atom. The van der Waals surface area contributed by atoms with Gasteiger partial charge >= 0.3 is 5.97 Å². The third kappa shape index (κ3) is 27.3. The van der Waals surface area contributed by atoms with Crippen molar-refractivity contribution in [2.75, 3.05) is 6.54 Å². The van der Waals surface area contributed by atoms with Gasteiger partial charge in [0.15, 0.2) is 0 Å². The second-order valence-electron chi connectivity index (χ2n) is 2.03. The molecule has 0 radical (unpaired) electrons. The Morgan fingerprint density at radius 1 is 1.45 bits per heavy atom. The summed E-state index contributed by atoms with van der Waals surface area (Å²) >= 11 is 0. The molecule has 11 heavy (non-hydrogen) atoms. The van der Waals surface area contributed by atoms with Crippen LogP contribution in [0.2, 0.25) is 0 Å². The van der Waals surface area contributed by atoms with Gasteiger partial charge in [-0.25, -0.2) is 4.79 Å². The Hall–Kier alpha value is -0.900. The van der Waals surface area contributed by atoms with Gasteiger partial charge in [-0.2, -0.15) is 0 Å². The maximum absolute atomic E-state index is 10.0. The summed E-state index contributed by atoms with van der Waals surface area (Å²) in [6.07, 6.45) is 0. The van der Waals surface area contributed by atoms with E-state index in [0.29, 0.717) is 0 Å². The Bertz CT molecular complexity index is 128. The number of carbonyl (C=O) groups excluding carboxylic acids is 1. The van der Waals surface area contributed by atoms with E-state index in [0.717, 1.165) is 12.3 Å². The molecule has 0 saturated heterocycles. The Kier molecular flexibility index (Phi) is 10.5. The lowest BCUT2D eigenvalue weighted by atomic mass is 10.5. The molecule has 0 aliphatic carbocycles. The van der Waals surface area contributed by atoms with Crippen LogP contribution in [-0.2, 0) is 9.63 Å². The van der Waals surface area contributed by atoms with Crippen molar-refractivity contribution in [2.24, 2.45) is 10.9 Å². The summed E-state index contributed by atoms with van der Waals surface area (Å²) < 4.78 is 0. The van der Waals surface area contributed by atoms with E-state index in [9.17, 15) is 4.79 Å². The fraction of sp³-hybridized carbons (Fsp3) is 0.714. The van der Waals surface area contributed by atoms with Gasteiger partial charge in [0.2, 0.25) is 0 Å². The topological polar surface area (TPSA) is 64.7 Å². The molecule has 0 aromatic heterocycles. The molecule has 0 amide bonds. The standard InChI is InChI=1S/C5H9NO2.C2H7N/c1-4(2)6-8-5(3)7;1-2-3/h1-3H3;2-3H2,1H3. The summed E-state index contributed by atoms with van der Waals surface area (Å²) in [5, 5.41) is 3.39. The van der Waals surface area contributed by atoms with Crippen LogP contribution in [0.3, 0.4) is 0 Å². The molecular formula is C7H16N2O2. The molecule has 0 aromatic carbocycles. The predicted molar refractivity (Wildman–Crippen MR) is 45.3 cm³/mol. The molecule has 4 nitrogen and oxygen atoms in total. The van der Waals surface area contributed by atoms with Crippen LogP contribution in [0.5, 0.6) is 0 Å². The molecule has 0 spiro atoms. The SMILES string of the molecule is CC(=O)ON=C(C)C.CCN. The number of carbonyl (C=O) groups is 1. The first kappa shape index (κ1) is 12.7. The lowest BCUT2D eigenvalue weighted by Crippen LogP contribution is -1.93. The van der Waals surface area contributed by atoms with E-state index >= 15 is 0 Å². The first-order chi connectivity index (χ1) is 5.04. The molecule has 0 rings (SSSR count). The Balaban J connectivity index is 0. The van der Waals surface area contributed by atoms with E-state index in [1.54, 1.807) is 13.8 Å². The van der Waals surface area contributed by atoms with Crippen molar-refractivity contribution in [1.82, 2.24) is 0 Å². The molecule has 0 fully saturated rings. The van der Waals surface area contributed by atoms with Crippen molar-refractivity contribution in [3.05, 3.63) is 0 Å². The minimum absolute atomic E-state index is 0.383. The van der Waals surface area contributed by atoms with Crippen molar-refractivity contribution in [2.45, 2.75) is 27.7 Å². The molecule has 2 N–H and O–H groups in total. The molecule has 0 atom stereocenters. The molecule has 0 heterocycles. The molecule has 0 saturated carbocycles. The van der Waals surface area contributed by atoms with Crippen LogP contribution >= 0.6 is 0 Å². The zero-order valence-corrected chi connectivity index (χ0v) is 7.55. The number of nitrogens with two attached hydrogens (primary N) is 1. The highest BCUT2D eigenvalue weighted by atomic mass is 16.7. The van der Waals surface area contributed by atoms with Crippen molar-refractivity contribution in [1.29, 1.82) is 0 Å². The third-order valence-electron chi connectivity index (χ3n) is 0.357. The zero-order chi connectivity index (χ0) is 9.28. The number of hydrogen-bond donors (Lipinski definition) is 1. The van der Waals surface area contributed by atoms with E-state index in [2.05, 4.69) is 9.99 Å². The average molecular weight is 160 g/mol. The molecule has 0 unspecified atom stereocenters. The number of hydrogen-bond acceptors (Lipinski definition) is 4. The maximum Gasteiger partial charge on any atom is 0.331 e. The summed E-state index contributed by atoms with van der Waals surface area (Å²) in [4.78, 5) is 14.3. The first-order valence-corrected chi connectivity index (χ1v) is 3.43. The third-order valence-corrected chi connectivity index (χ3v) is 0.357. The molecule has 0 aliphatic rings. The lowest BCUT2D eigenvalue weighted by Gasteiger charge is -1.88. The summed E-state index contributed by atoms with van der Waals surface area (Å²) in [5.74, 6) is -0.383.